The molecule has 1 aromatic carbocycles. The first kappa shape index (κ1) is 27.8. The van der Waals surface area contributed by atoms with E-state index in [9.17, 15) is 23.9 Å². The van der Waals surface area contributed by atoms with Crippen LogP contribution in [-0.2, 0) is 22.7 Å². The summed E-state index contributed by atoms with van der Waals surface area (Å²) in [6, 6.07) is 3.16. The summed E-state index contributed by atoms with van der Waals surface area (Å²) in [5.41, 5.74) is -0.857. The summed E-state index contributed by atoms with van der Waals surface area (Å²) in [6.07, 6.45) is -0.0369. The van der Waals surface area contributed by atoms with Crippen molar-refractivity contribution in [3.8, 4) is 5.75 Å². The van der Waals surface area contributed by atoms with Gasteiger partial charge in [-0.2, -0.15) is 0 Å². The number of hydrogen-bond donors (Lipinski definition) is 2. The van der Waals surface area contributed by atoms with Gasteiger partial charge in [-0.05, 0) is 39.0 Å². The first-order valence-corrected chi connectivity index (χ1v) is 11.3. The highest BCUT2D eigenvalue weighted by Gasteiger charge is 2.21. The van der Waals surface area contributed by atoms with Crippen molar-refractivity contribution in [1.29, 1.82) is 0 Å². The summed E-state index contributed by atoms with van der Waals surface area (Å²) in [7, 11) is 1.38. The molecule has 11 heteroatoms. The van der Waals surface area contributed by atoms with Gasteiger partial charge in [0.05, 0.1) is 31.5 Å². The standard InChI is InChI=1S/C24H33FN4O6/c1-7-35-27-16(5)19-12-28(13-20(30)18-10-17(25)8-9-21(18)34-6)24(33)29(23(19)32)11-15(4)26-22(31)14(2)3/h8-10,12,14-15,20,30H,7,11,13H2,1-6H3,(H,26,31)/b27-16+/t15-,20?/m0/s1. The zero-order valence-corrected chi connectivity index (χ0v) is 20.9. The van der Waals surface area contributed by atoms with Crippen LogP contribution in [0.25, 0.3) is 0 Å². The molecule has 10 nitrogen and oxygen atoms in total. The highest BCUT2D eigenvalue weighted by Crippen LogP contribution is 2.26. The number of rotatable bonds is 11. The quantitative estimate of drug-likeness (QED) is 0.364. The number of benzene rings is 1. The van der Waals surface area contributed by atoms with Crippen molar-refractivity contribution in [3.63, 3.8) is 0 Å². The number of oxime groups is 1. The van der Waals surface area contributed by atoms with Gasteiger partial charge in [0.25, 0.3) is 5.56 Å². The number of aliphatic hydroxyl groups excluding tert-OH is 1. The third-order valence-electron chi connectivity index (χ3n) is 5.25. The van der Waals surface area contributed by atoms with Gasteiger partial charge in [-0.15, -0.1) is 0 Å². The molecular weight excluding hydrogens is 459 g/mol. The Labute approximate surface area is 203 Å². The molecular formula is C24H33FN4O6. The van der Waals surface area contributed by atoms with E-state index in [1.54, 1.807) is 34.6 Å². The molecule has 0 saturated carbocycles. The van der Waals surface area contributed by atoms with Crippen LogP contribution in [0.2, 0.25) is 0 Å². The maximum atomic E-state index is 13.8. The number of ether oxygens (including phenoxy) is 1. The first-order chi connectivity index (χ1) is 16.5. The third kappa shape index (κ3) is 7.01. The van der Waals surface area contributed by atoms with Gasteiger partial charge in [0.1, 0.15) is 24.3 Å². The lowest BCUT2D eigenvalue weighted by atomic mass is 10.1. The molecule has 2 aromatic rings. The van der Waals surface area contributed by atoms with Crippen molar-refractivity contribution in [2.75, 3.05) is 13.7 Å². The van der Waals surface area contributed by atoms with E-state index in [1.807, 2.05) is 0 Å². The average molecular weight is 493 g/mol. The second-order valence-electron chi connectivity index (χ2n) is 8.45. The topological polar surface area (TPSA) is 124 Å². The van der Waals surface area contributed by atoms with Crippen LogP contribution in [0.5, 0.6) is 5.75 Å². The van der Waals surface area contributed by atoms with Crippen molar-refractivity contribution in [2.24, 2.45) is 11.1 Å². The molecule has 0 fully saturated rings. The SMILES string of the molecule is CCO/N=C(\C)c1cn(CC(O)c2cc(F)ccc2OC)c(=O)n(C[C@H](C)NC(=O)C(C)C)c1=O. The molecule has 2 rings (SSSR count). The van der Waals surface area contributed by atoms with Gasteiger partial charge in [0.15, 0.2) is 0 Å². The Morgan fingerprint density at radius 2 is 1.91 bits per heavy atom. The summed E-state index contributed by atoms with van der Waals surface area (Å²) >= 11 is 0. The lowest BCUT2D eigenvalue weighted by Gasteiger charge is -2.20. The minimum absolute atomic E-state index is 0.0823. The monoisotopic (exact) mass is 492 g/mol. The largest absolute Gasteiger partial charge is 0.496 e. The molecule has 1 amide bonds. The zero-order chi connectivity index (χ0) is 26.3. The molecule has 1 heterocycles. The Kier molecular flexibility index (Phi) is 9.76. The molecule has 0 bridgehead atoms. The van der Waals surface area contributed by atoms with E-state index in [0.717, 1.165) is 15.2 Å². The van der Waals surface area contributed by atoms with Crippen LogP contribution >= 0.6 is 0 Å². The first-order valence-electron chi connectivity index (χ1n) is 11.3. The molecule has 0 aliphatic rings. The molecule has 0 aliphatic carbocycles. The highest BCUT2D eigenvalue weighted by molar-refractivity contribution is 5.97. The Morgan fingerprint density at radius 1 is 1.23 bits per heavy atom. The molecule has 0 saturated heterocycles. The van der Waals surface area contributed by atoms with Crippen LogP contribution in [0.1, 0.15) is 51.8 Å². The fourth-order valence-electron chi connectivity index (χ4n) is 3.38. The van der Waals surface area contributed by atoms with E-state index in [4.69, 9.17) is 9.57 Å². The van der Waals surface area contributed by atoms with Crippen LogP contribution < -0.4 is 21.3 Å². The summed E-state index contributed by atoms with van der Waals surface area (Å²) in [5, 5.41) is 17.5. The van der Waals surface area contributed by atoms with Gasteiger partial charge in [0.2, 0.25) is 5.91 Å². The minimum atomic E-state index is -1.32. The Hall–Kier alpha value is -3.47. The van der Waals surface area contributed by atoms with Gasteiger partial charge in [-0.3, -0.25) is 18.7 Å². The molecule has 2 N–H and O–H groups in total. The lowest BCUT2D eigenvalue weighted by Crippen LogP contribution is -2.48. The zero-order valence-electron chi connectivity index (χ0n) is 20.9. The normalized spacial score (nSPS) is 13.5. The summed E-state index contributed by atoms with van der Waals surface area (Å²) < 4.78 is 21.1. The minimum Gasteiger partial charge on any atom is -0.496 e. The number of carbonyl (C=O) groups is 1. The van der Waals surface area contributed by atoms with Gasteiger partial charge >= 0.3 is 5.69 Å². The van der Waals surface area contributed by atoms with E-state index in [-0.39, 0.29) is 54.1 Å². The number of aromatic nitrogens is 2. The Bertz CT molecular complexity index is 1190. The number of amides is 1. The number of nitrogens with one attached hydrogen (secondary N) is 1. The fraction of sp³-hybridized carbons (Fsp3) is 0.500. The number of carbonyl (C=O) groups excluding carboxylic acids is 1. The van der Waals surface area contributed by atoms with Gasteiger partial charge < -0.3 is 20.0 Å². The highest BCUT2D eigenvalue weighted by atomic mass is 19.1. The van der Waals surface area contributed by atoms with E-state index in [0.29, 0.717) is 0 Å². The van der Waals surface area contributed by atoms with E-state index >= 15 is 0 Å². The number of halogens is 1. The van der Waals surface area contributed by atoms with E-state index in [2.05, 4.69) is 10.5 Å². The summed E-state index contributed by atoms with van der Waals surface area (Å²) in [6.45, 7) is 8.32. The number of nitrogens with zero attached hydrogens (tertiary/aromatic N) is 3. The Balaban J connectivity index is 2.55. The fourth-order valence-corrected chi connectivity index (χ4v) is 3.38. The molecule has 0 aliphatic heterocycles. The Morgan fingerprint density at radius 3 is 2.51 bits per heavy atom. The van der Waals surface area contributed by atoms with Crippen LogP contribution in [0, 0.1) is 11.7 Å². The van der Waals surface area contributed by atoms with Crippen LogP contribution in [0.3, 0.4) is 0 Å². The lowest BCUT2D eigenvalue weighted by molar-refractivity contribution is -0.124. The van der Waals surface area contributed by atoms with Crippen molar-refractivity contribution in [1.82, 2.24) is 14.5 Å². The molecule has 2 atom stereocenters. The summed E-state index contributed by atoms with van der Waals surface area (Å²) in [5.74, 6) is -0.814. The van der Waals surface area contributed by atoms with Crippen LogP contribution in [0.4, 0.5) is 4.39 Å². The molecule has 1 aromatic heterocycles. The van der Waals surface area contributed by atoms with Crippen molar-refractivity contribution in [3.05, 3.63) is 62.2 Å². The second-order valence-corrected chi connectivity index (χ2v) is 8.45. The average Bonchev–Trinajstić information content (AvgIpc) is 2.81. The van der Waals surface area contributed by atoms with Gasteiger partial charge in [-0.1, -0.05) is 19.0 Å². The molecule has 35 heavy (non-hydrogen) atoms. The maximum absolute atomic E-state index is 13.8. The smallest absolute Gasteiger partial charge is 0.331 e. The third-order valence-corrected chi connectivity index (χ3v) is 5.25. The molecule has 1 unspecified atom stereocenters. The molecule has 192 valence electrons. The number of methoxy groups -OCH3 is 1. The van der Waals surface area contributed by atoms with Crippen molar-refractivity contribution in [2.45, 2.75) is 59.9 Å². The van der Waals surface area contributed by atoms with Crippen LogP contribution in [0.15, 0.2) is 39.1 Å². The van der Waals surface area contributed by atoms with E-state index in [1.165, 1.54) is 25.4 Å². The maximum Gasteiger partial charge on any atom is 0.331 e. The predicted octanol–water partition coefficient (Wildman–Crippen LogP) is 1.81. The molecule has 0 radical (unpaired) electrons. The van der Waals surface area contributed by atoms with Crippen molar-refractivity contribution < 1.29 is 23.9 Å². The van der Waals surface area contributed by atoms with Crippen LogP contribution in [-0.4, -0.2) is 45.6 Å². The van der Waals surface area contributed by atoms with E-state index < -0.39 is 29.2 Å². The summed E-state index contributed by atoms with van der Waals surface area (Å²) in [4.78, 5) is 43.5. The second kappa shape index (κ2) is 12.3. The van der Waals surface area contributed by atoms with Gasteiger partial charge in [0, 0.05) is 23.7 Å². The molecule has 0 spiro atoms. The number of hydrogen-bond acceptors (Lipinski definition) is 7. The van der Waals surface area contributed by atoms with Crippen molar-refractivity contribution >= 4 is 11.6 Å². The predicted molar refractivity (Wildman–Crippen MR) is 129 cm³/mol. The number of aliphatic hydroxyl groups is 1. The van der Waals surface area contributed by atoms with Gasteiger partial charge in [-0.25, -0.2) is 9.18 Å².